The topological polar surface area (TPSA) is 25.0 Å². The molecule has 0 saturated heterocycles. The number of hydrogen-bond acceptors (Lipinski definition) is 1. The van der Waals surface area contributed by atoms with Crippen LogP contribution in [-0.4, -0.2) is 11.6 Å². The number of hydrogen-bond donors (Lipinski definition) is 1. The largest absolute Gasteiger partial charge is 0.494 e. The Balaban J connectivity index is 2.54. The number of H-pyrrole nitrogens is 1. The molecule has 0 aliphatic carbocycles. The van der Waals surface area contributed by atoms with E-state index in [0.29, 0.717) is 18.4 Å². The van der Waals surface area contributed by atoms with Gasteiger partial charge in [0, 0.05) is 16.6 Å². The summed E-state index contributed by atoms with van der Waals surface area (Å²) in [6.07, 6.45) is 1.10. The second kappa shape index (κ2) is 5.68. The standard InChI is InChI=1S/C17H25NO/c1-6-19-13-7-8-15-14(10-13)17(12(4)5)16(18-15)9-11(2)3/h7-8,10-12,18H,6,9H2,1-5H3. The summed E-state index contributed by atoms with van der Waals surface area (Å²) in [5, 5.41) is 1.32. The molecule has 0 aliphatic rings. The molecule has 2 heteroatoms. The molecule has 2 nitrogen and oxygen atoms in total. The molecule has 0 amide bonds. The lowest BCUT2D eigenvalue weighted by molar-refractivity contribution is 0.340. The molecular formula is C17H25NO. The Labute approximate surface area is 116 Å². The third-order valence-electron chi connectivity index (χ3n) is 3.39. The van der Waals surface area contributed by atoms with Crippen LogP contribution in [0.1, 0.15) is 51.8 Å². The highest BCUT2D eigenvalue weighted by molar-refractivity contribution is 5.86. The molecule has 0 atom stereocenters. The Morgan fingerprint density at radius 3 is 2.47 bits per heavy atom. The molecule has 2 rings (SSSR count). The van der Waals surface area contributed by atoms with E-state index >= 15 is 0 Å². The summed E-state index contributed by atoms with van der Waals surface area (Å²) < 4.78 is 5.63. The minimum Gasteiger partial charge on any atom is -0.494 e. The van der Waals surface area contributed by atoms with E-state index in [9.17, 15) is 0 Å². The van der Waals surface area contributed by atoms with E-state index in [-0.39, 0.29) is 0 Å². The van der Waals surface area contributed by atoms with E-state index in [0.717, 1.165) is 12.2 Å². The van der Waals surface area contributed by atoms with E-state index in [1.807, 2.05) is 13.0 Å². The van der Waals surface area contributed by atoms with E-state index < -0.39 is 0 Å². The van der Waals surface area contributed by atoms with Crippen LogP contribution in [0.3, 0.4) is 0 Å². The maximum atomic E-state index is 5.63. The quantitative estimate of drug-likeness (QED) is 0.812. The van der Waals surface area contributed by atoms with E-state index in [4.69, 9.17) is 4.74 Å². The molecule has 0 unspecified atom stereocenters. The monoisotopic (exact) mass is 259 g/mol. The molecule has 1 aromatic carbocycles. The summed E-state index contributed by atoms with van der Waals surface area (Å²) in [7, 11) is 0. The molecule has 0 bridgehead atoms. The van der Waals surface area contributed by atoms with Crippen molar-refractivity contribution in [3.05, 3.63) is 29.5 Å². The van der Waals surface area contributed by atoms with Crippen LogP contribution in [0, 0.1) is 5.92 Å². The number of ether oxygens (including phenoxy) is 1. The van der Waals surface area contributed by atoms with Gasteiger partial charge in [0.05, 0.1) is 6.61 Å². The lowest BCUT2D eigenvalue weighted by atomic mass is 9.95. The van der Waals surface area contributed by atoms with Crippen LogP contribution in [0.15, 0.2) is 18.2 Å². The Bertz CT molecular complexity index is 552. The molecule has 19 heavy (non-hydrogen) atoms. The van der Waals surface area contributed by atoms with E-state index in [1.165, 1.54) is 22.2 Å². The highest BCUT2D eigenvalue weighted by atomic mass is 16.5. The first-order valence-electron chi connectivity index (χ1n) is 7.30. The van der Waals surface area contributed by atoms with Crippen molar-refractivity contribution in [2.24, 2.45) is 5.92 Å². The first-order valence-corrected chi connectivity index (χ1v) is 7.30. The van der Waals surface area contributed by atoms with Gasteiger partial charge in [-0.15, -0.1) is 0 Å². The van der Waals surface area contributed by atoms with Gasteiger partial charge < -0.3 is 9.72 Å². The van der Waals surface area contributed by atoms with Gasteiger partial charge in [-0.1, -0.05) is 27.7 Å². The highest BCUT2D eigenvalue weighted by Gasteiger charge is 2.15. The number of nitrogens with one attached hydrogen (secondary N) is 1. The van der Waals surface area contributed by atoms with Crippen LogP contribution in [0.25, 0.3) is 10.9 Å². The maximum Gasteiger partial charge on any atom is 0.120 e. The van der Waals surface area contributed by atoms with Crippen molar-refractivity contribution in [3.63, 3.8) is 0 Å². The van der Waals surface area contributed by atoms with Crippen LogP contribution in [0.4, 0.5) is 0 Å². The Hall–Kier alpha value is -1.44. The van der Waals surface area contributed by atoms with Crippen LogP contribution in [0.2, 0.25) is 0 Å². The fourth-order valence-electron chi connectivity index (χ4n) is 2.73. The van der Waals surface area contributed by atoms with Gasteiger partial charge in [-0.3, -0.25) is 0 Å². The Morgan fingerprint density at radius 1 is 1.16 bits per heavy atom. The molecule has 0 spiro atoms. The SMILES string of the molecule is CCOc1ccc2[nH]c(CC(C)C)c(C(C)C)c2c1. The average Bonchev–Trinajstić information content (AvgIpc) is 2.65. The van der Waals surface area contributed by atoms with Gasteiger partial charge in [-0.2, -0.15) is 0 Å². The highest BCUT2D eigenvalue weighted by Crippen LogP contribution is 2.32. The summed E-state index contributed by atoms with van der Waals surface area (Å²) in [5.74, 6) is 2.16. The molecule has 1 aromatic heterocycles. The van der Waals surface area contributed by atoms with E-state index in [2.05, 4.69) is 44.8 Å². The lowest BCUT2D eigenvalue weighted by Crippen LogP contribution is -1.99. The minimum atomic E-state index is 0.527. The van der Waals surface area contributed by atoms with E-state index in [1.54, 1.807) is 0 Å². The summed E-state index contributed by atoms with van der Waals surface area (Å²) >= 11 is 0. The van der Waals surface area contributed by atoms with Crippen molar-refractivity contribution < 1.29 is 4.74 Å². The number of aromatic amines is 1. The molecular weight excluding hydrogens is 234 g/mol. The third kappa shape index (κ3) is 2.94. The first-order chi connectivity index (χ1) is 9.02. The van der Waals surface area contributed by atoms with Crippen molar-refractivity contribution in [2.75, 3.05) is 6.61 Å². The molecule has 1 N–H and O–H groups in total. The molecule has 2 aromatic rings. The van der Waals surface area contributed by atoms with Gasteiger partial charge in [-0.05, 0) is 48.9 Å². The minimum absolute atomic E-state index is 0.527. The number of rotatable bonds is 5. The van der Waals surface area contributed by atoms with Crippen molar-refractivity contribution >= 4 is 10.9 Å². The molecule has 0 aliphatic heterocycles. The van der Waals surface area contributed by atoms with Gasteiger partial charge in [-0.25, -0.2) is 0 Å². The average molecular weight is 259 g/mol. The third-order valence-corrected chi connectivity index (χ3v) is 3.39. The fraction of sp³-hybridized carbons (Fsp3) is 0.529. The van der Waals surface area contributed by atoms with Crippen LogP contribution >= 0.6 is 0 Å². The Kier molecular flexibility index (Phi) is 4.18. The zero-order valence-electron chi connectivity index (χ0n) is 12.7. The predicted octanol–water partition coefficient (Wildman–Crippen LogP) is 4.89. The molecule has 0 radical (unpaired) electrons. The summed E-state index contributed by atoms with van der Waals surface area (Å²) in [4.78, 5) is 3.59. The molecule has 104 valence electrons. The van der Waals surface area contributed by atoms with Gasteiger partial charge >= 0.3 is 0 Å². The van der Waals surface area contributed by atoms with Crippen LogP contribution in [-0.2, 0) is 6.42 Å². The number of benzene rings is 1. The summed E-state index contributed by atoms with van der Waals surface area (Å²) in [5.41, 5.74) is 4.06. The number of fused-ring (bicyclic) bond motifs is 1. The molecule has 0 saturated carbocycles. The van der Waals surface area contributed by atoms with Crippen LogP contribution in [0.5, 0.6) is 5.75 Å². The van der Waals surface area contributed by atoms with Gasteiger partial charge in [0.25, 0.3) is 0 Å². The van der Waals surface area contributed by atoms with Gasteiger partial charge in [0.15, 0.2) is 0 Å². The fourth-order valence-corrected chi connectivity index (χ4v) is 2.73. The van der Waals surface area contributed by atoms with Gasteiger partial charge in [0.1, 0.15) is 5.75 Å². The second-order valence-electron chi connectivity index (χ2n) is 5.91. The van der Waals surface area contributed by atoms with Crippen molar-refractivity contribution in [2.45, 2.75) is 47.0 Å². The normalized spacial score (nSPS) is 11.7. The van der Waals surface area contributed by atoms with Crippen molar-refractivity contribution in [1.29, 1.82) is 0 Å². The zero-order valence-corrected chi connectivity index (χ0v) is 12.7. The molecule has 1 heterocycles. The maximum absolute atomic E-state index is 5.63. The van der Waals surface area contributed by atoms with Gasteiger partial charge in [0.2, 0.25) is 0 Å². The second-order valence-corrected chi connectivity index (χ2v) is 5.91. The summed E-state index contributed by atoms with van der Waals surface area (Å²) in [6.45, 7) is 11.8. The van der Waals surface area contributed by atoms with Crippen molar-refractivity contribution in [1.82, 2.24) is 4.98 Å². The van der Waals surface area contributed by atoms with Crippen molar-refractivity contribution in [3.8, 4) is 5.75 Å². The number of aromatic nitrogens is 1. The summed E-state index contributed by atoms with van der Waals surface area (Å²) in [6, 6.07) is 6.36. The zero-order chi connectivity index (χ0) is 14.0. The molecule has 0 fully saturated rings. The first kappa shape index (κ1) is 14.0. The Morgan fingerprint density at radius 2 is 1.89 bits per heavy atom. The van der Waals surface area contributed by atoms with Crippen LogP contribution < -0.4 is 4.74 Å². The lowest BCUT2D eigenvalue weighted by Gasteiger charge is -2.10. The smallest absolute Gasteiger partial charge is 0.120 e. The predicted molar refractivity (Wildman–Crippen MR) is 82.1 cm³/mol.